The minimum Gasteiger partial charge on any atom is -0.482 e. The molecule has 0 radical (unpaired) electrons. The molecule has 0 aromatic heterocycles. The van der Waals surface area contributed by atoms with Gasteiger partial charge in [-0.25, -0.2) is 4.79 Å². The summed E-state index contributed by atoms with van der Waals surface area (Å²) in [6.45, 7) is -0.486. The summed E-state index contributed by atoms with van der Waals surface area (Å²) in [6, 6.07) is 12.8. The number of fused-ring (bicyclic) bond motifs is 1. The smallest absolute Gasteiger partial charge is 0.344 e. The summed E-state index contributed by atoms with van der Waals surface area (Å²) >= 11 is 3.30. The summed E-state index contributed by atoms with van der Waals surface area (Å²) in [5.74, 6) is -0.138. The Balaban J connectivity index is 1.46. The van der Waals surface area contributed by atoms with Gasteiger partial charge in [0.25, 0.3) is 0 Å². The van der Waals surface area contributed by atoms with Gasteiger partial charge in [-0.1, -0.05) is 34.1 Å². The number of benzene rings is 2. The molecule has 0 spiro atoms. The van der Waals surface area contributed by atoms with Gasteiger partial charge in [0, 0.05) is 10.0 Å². The maximum absolute atomic E-state index is 11.9. The molecule has 0 heterocycles. The van der Waals surface area contributed by atoms with Crippen LogP contribution in [0.1, 0.15) is 27.9 Å². The van der Waals surface area contributed by atoms with Crippen LogP contribution in [0.4, 0.5) is 0 Å². The van der Waals surface area contributed by atoms with E-state index in [9.17, 15) is 9.59 Å². The number of ether oxygens (including phenoxy) is 2. The monoisotopic (exact) mass is 388 g/mol. The van der Waals surface area contributed by atoms with E-state index in [1.165, 1.54) is 17.5 Å². The third kappa shape index (κ3) is 4.23. The minimum absolute atomic E-state index is 0.202. The number of aryl methyl sites for hydroxylation is 2. The summed E-state index contributed by atoms with van der Waals surface area (Å²) in [5, 5.41) is 0. The van der Waals surface area contributed by atoms with E-state index in [1.807, 2.05) is 18.2 Å². The highest BCUT2D eigenvalue weighted by atomic mass is 79.9. The van der Waals surface area contributed by atoms with Crippen LogP contribution in [-0.4, -0.2) is 25.0 Å². The molecule has 0 unspecified atom stereocenters. The van der Waals surface area contributed by atoms with Gasteiger partial charge in [-0.2, -0.15) is 0 Å². The van der Waals surface area contributed by atoms with Crippen LogP contribution in [-0.2, 0) is 22.4 Å². The van der Waals surface area contributed by atoms with Crippen LogP contribution in [0, 0.1) is 0 Å². The standard InChI is InChI=1S/C19H17BrO4/c20-16-7-4-14(5-8-16)18(21)11-24-19(22)12-23-17-9-6-13-2-1-3-15(13)10-17/h4-10H,1-3,11-12H2. The number of esters is 1. The van der Waals surface area contributed by atoms with Gasteiger partial charge in [0.1, 0.15) is 5.75 Å². The molecule has 0 amide bonds. The highest BCUT2D eigenvalue weighted by molar-refractivity contribution is 9.10. The predicted octanol–water partition coefficient (Wildman–Crippen LogP) is 3.74. The number of hydrogen-bond acceptors (Lipinski definition) is 4. The molecule has 0 saturated heterocycles. The molecule has 0 atom stereocenters. The van der Waals surface area contributed by atoms with Crippen molar-refractivity contribution in [1.29, 1.82) is 0 Å². The lowest BCUT2D eigenvalue weighted by Gasteiger charge is -2.08. The van der Waals surface area contributed by atoms with Crippen molar-refractivity contribution in [3.63, 3.8) is 0 Å². The number of hydrogen-bond donors (Lipinski definition) is 0. The number of carbonyl (C=O) groups excluding carboxylic acids is 2. The van der Waals surface area contributed by atoms with Gasteiger partial charge in [0.05, 0.1) is 0 Å². The van der Waals surface area contributed by atoms with Crippen LogP contribution in [0.3, 0.4) is 0 Å². The number of carbonyl (C=O) groups is 2. The maximum Gasteiger partial charge on any atom is 0.344 e. The van der Waals surface area contributed by atoms with E-state index in [4.69, 9.17) is 9.47 Å². The van der Waals surface area contributed by atoms with Crippen molar-refractivity contribution in [3.05, 3.63) is 63.6 Å². The van der Waals surface area contributed by atoms with Gasteiger partial charge in [-0.15, -0.1) is 0 Å². The zero-order valence-corrected chi connectivity index (χ0v) is 14.7. The van der Waals surface area contributed by atoms with Crippen molar-refractivity contribution in [2.24, 2.45) is 0 Å². The largest absolute Gasteiger partial charge is 0.482 e. The summed E-state index contributed by atoms with van der Waals surface area (Å²) in [6.07, 6.45) is 3.33. The number of halogens is 1. The van der Waals surface area contributed by atoms with E-state index in [2.05, 4.69) is 15.9 Å². The fourth-order valence-corrected chi connectivity index (χ4v) is 2.95. The van der Waals surface area contributed by atoms with Crippen LogP contribution >= 0.6 is 15.9 Å². The second-order valence-corrected chi connectivity index (χ2v) is 6.58. The lowest BCUT2D eigenvalue weighted by Crippen LogP contribution is -2.19. The van der Waals surface area contributed by atoms with E-state index in [0.717, 1.165) is 17.3 Å². The minimum atomic E-state index is -0.555. The molecule has 0 fully saturated rings. The Kier molecular flexibility index (Phi) is 5.30. The van der Waals surface area contributed by atoms with Gasteiger partial charge in [-0.05, 0) is 54.7 Å². The fraction of sp³-hybridized carbons (Fsp3) is 0.263. The molecule has 2 aromatic rings. The van der Waals surface area contributed by atoms with E-state index in [-0.39, 0.29) is 19.0 Å². The Morgan fingerprint density at radius 1 is 0.958 bits per heavy atom. The number of rotatable bonds is 6. The first kappa shape index (κ1) is 16.7. The summed E-state index contributed by atoms with van der Waals surface area (Å²) in [5.41, 5.74) is 3.14. The zero-order chi connectivity index (χ0) is 16.9. The second-order valence-electron chi connectivity index (χ2n) is 5.66. The lowest BCUT2D eigenvalue weighted by atomic mass is 10.1. The number of Topliss-reactive ketones (excluding diaryl/α,β-unsaturated/α-hetero) is 1. The molecule has 1 aliphatic rings. The van der Waals surface area contributed by atoms with Crippen LogP contribution in [0.25, 0.3) is 0 Å². The molecule has 2 aromatic carbocycles. The molecule has 124 valence electrons. The third-order valence-electron chi connectivity index (χ3n) is 3.96. The summed E-state index contributed by atoms with van der Waals surface area (Å²) in [7, 11) is 0. The number of ketones is 1. The molecule has 0 N–H and O–H groups in total. The fourth-order valence-electron chi connectivity index (χ4n) is 2.69. The van der Waals surface area contributed by atoms with Crippen LogP contribution < -0.4 is 4.74 Å². The lowest BCUT2D eigenvalue weighted by molar-refractivity contribution is -0.144. The van der Waals surface area contributed by atoms with Crippen LogP contribution in [0.2, 0.25) is 0 Å². The molecule has 3 rings (SSSR count). The highest BCUT2D eigenvalue weighted by Crippen LogP contribution is 2.25. The molecule has 24 heavy (non-hydrogen) atoms. The first-order valence-electron chi connectivity index (χ1n) is 7.81. The Morgan fingerprint density at radius 3 is 2.50 bits per heavy atom. The topological polar surface area (TPSA) is 52.6 Å². The van der Waals surface area contributed by atoms with Gasteiger partial charge in [0.15, 0.2) is 19.0 Å². The first-order chi connectivity index (χ1) is 11.6. The quantitative estimate of drug-likeness (QED) is 0.558. The average Bonchev–Trinajstić information content (AvgIpc) is 3.06. The first-order valence-corrected chi connectivity index (χ1v) is 8.60. The van der Waals surface area contributed by atoms with Gasteiger partial charge in [-0.3, -0.25) is 4.79 Å². The molecular formula is C19H17BrO4. The molecular weight excluding hydrogens is 372 g/mol. The van der Waals surface area contributed by atoms with E-state index in [0.29, 0.717) is 11.3 Å². The highest BCUT2D eigenvalue weighted by Gasteiger charge is 2.13. The van der Waals surface area contributed by atoms with Gasteiger partial charge in [0.2, 0.25) is 0 Å². The second kappa shape index (κ2) is 7.62. The predicted molar refractivity (Wildman–Crippen MR) is 93.4 cm³/mol. The Hall–Kier alpha value is -2.14. The Bertz CT molecular complexity index is 752. The van der Waals surface area contributed by atoms with Crippen molar-refractivity contribution >= 4 is 27.7 Å². The molecule has 0 saturated carbocycles. The molecule has 0 aliphatic heterocycles. The molecule has 1 aliphatic carbocycles. The van der Waals surface area contributed by atoms with Crippen LogP contribution in [0.15, 0.2) is 46.9 Å². The summed E-state index contributed by atoms with van der Waals surface area (Å²) in [4.78, 5) is 23.7. The van der Waals surface area contributed by atoms with Crippen molar-refractivity contribution in [3.8, 4) is 5.75 Å². The SMILES string of the molecule is O=C(COc1ccc2c(c1)CCC2)OCC(=O)c1ccc(Br)cc1. The maximum atomic E-state index is 11.9. The molecule has 4 nitrogen and oxygen atoms in total. The summed E-state index contributed by atoms with van der Waals surface area (Å²) < 4.78 is 11.3. The average molecular weight is 389 g/mol. The van der Waals surface area contributed by atoms with Crippen LogP contribution in [0.5, 0.6) is 5.75 Å². The van der Waals surface area contributed by atoms with E-state index in [1.54, 1.807) is 24.3 Å². The van der Waals surface area contributed by atoms with E-state index >= 15 is 0 Å². The van der Waals surface area contributed by atoms with Crippen molar-refractivity contribution in [2.45, 2.75) is 19.3 Å². The van der Waals surface area contributed by atoms with Crippen molar-refractivity contribution in [1.82, 2.24) is 0 Å². The van der Waals surface area contributed by atoms with Gasteiger partial charge >= 0.3 is 5.97 Å². The normalized spacial score (nSPS) is 12.5. The van der Waals surface area contributed by atoms with Crippen molar-refractivity contribution in [2.75, 3.05) is 13.2 Å². The molecule has 0 bridgehead atoms. The van der Waals surface area contributed by atoms with Gasteiger partial charge < -0.3 is 9.47 Å². The van der Waals surface area contributed by atoms with E-state index < -0.39 is 5.97 Å². The Labute approximate surface area is 148 Å². The zero-order valence-electron chi connectivity index (χ0n) is 13.1. The van der Waals surface area contributed by atoms with Crippen molar-refractivity contribution < 1.29 is 19.1 Å². The third-order valence-corrected chi connectivity index (χ3v) is 4.49. The Morgan fingerprint density at radius 2 is 1.71 bits per heavy atom. The molecule has 5 heteroatoms.